The second-order valence-corrected chi connectivity index (χ2v) is 11.7. The average molecular weight is 262 g/mol. The third-order valence-electron chi connectivity index (χ3n) is 2.70. The van der Waals surface area contributed by atoms with E-state index in [4.69, 9.17) is 4.12 Å². The Labute approximate surface area is 90.1 Å². The van der Waals surface area contributed by atoms with E-state index in [0.29, 0.717) is 0 Å². The molecule has 0 saturated heterocycles. The van der Waals surface area contributed by atoms with Crippen LogP contribution in [0.25, 0.3) is 0 Å². The molecule has 0 spiro atoms. The Morgan fingerprint density at radius 1 is 0.733 bits per heavy atom. The highest BCUT2D eigenvalue weighted by Crippen LogP contribution is 2.23. The summed E-state index contributed by atoms with van der Waals surface area (Å²) in [6.07, 6.45) is -3.63. The maximum atomic E-state index is 12.7. The third-order valence-corrected chi connectivity index (χ3v) is 10.7. The summed E-state index contributed by atoms with van der Waals surface area (Å²) in [7, 11) is -6.33. The van der Waals surface area contributed by atoms with Gasteiger partial charge in [-0.05, 0) is 12.1 Å². The molecule has 0 fully saturated rings. The van der Waals surface area contributed by atoms with Crippen molar-refractivity contribution < 1.29 is 21.7 Å². The minimum absolute atomic E-state index is 0.217. The van der Waals surface area contributed by atoms with Gasteiger partial charge in [-0.3, -0.25) is 17.6 Å². The van der Waals surface area contributed by atoms with E-state index >= 15 is 0 Å². The molecule has 0 rings (SSSR count). The molecule has 15 heavy (non-hydrogen) atoms. The number of halogens is 4. The zero-order valence-corrected chi connectivity index (χ0v) is 11.2. The van der Waals surface area contributed by atoms with E-state index in [2.05, 4.69) is 0 Å². The molecule has 0 unspecified atom stereocenters. The molecule has 0 aromatic rings. The Balaban J connectivity index is 4.74. The molecular weight excluding hydrogens is 244 g/mol. The normalized spacial score (nSPS) is 13.2. The maximum Gasteiger partial charge on any atom is 0.242 e. The highest BCUT2D eigenvalue weighted by atomic mass is 28.4. The highest BCUT2D eigenvalue weighted by Gasteiger charge is 2.45. The smallest absolute Gasteiger partial charge is 0.242 e. The summed E-state index contributed by atoms with van der Waals surface area (Å²) in [4.78, 5) is 0. The second kappa shape index (κ2) is 6.64. The Bertz CT molecular complexity index is 139. The van der Waals surface area contributed by atoms with Gasteiger partial charge < -0.3 is 4.12 Å². The summed E-state index contributed by atoms with van der Waals surface area (Å²) in [5.74, 6) is 0. The summed E-state index contributed by atoms with van der Waals surface area (Å²) in [6.45, 7) is 3.22. The van der Waals surface area contributed by atoms with Crippen LogP contribution in [-0.2, 0) is 4.12 Å². The van der Waals surface area contributed by atoms with Crippen molar-refractivity contribution in [3.8, 4) is 0 Å². The molecule has 0 radical (unpaired) electrons. The summed E-state index contributed by atoms with van der Waals surface area (Å²) in [5.41, 5.74) is 0. The molecule has 0 heterocycles. The van der Waals surface area contributed by atoms with E-state index < -0.39 is 41.8 Å². The lowest BCUT2D eigenvalue weighted by Gasteiger charge is -2.35. The minimum Gasteiger partial charge on any atom is -0.449 e. The lowest BCUT2D eigenvalue weighted by Crippen LogP contribution is -2.57. The molecule has 0 aromatic carbocycles. The van der Waals surface area contributed by atoms with Crippen molar-refractivity contribution in [2.45, 2.75) is 25.9 Å². The van der Waals surface area contributed by atoms with E-state index in [0.717, 1.165) is 0 Å². The molecular formula is C8H18F4OSi2. The minimum atomic E-state index is -3.17. The fourth-order valence-corrected chi connectivity index (χ4v) is 7.76. The van der Waals surface area contributed by atoms with Gasteiger partial charge in [0, 0.05) is 0 Å². The molecule has 7 heteroatoms. The Morgan fingerprint density at radius 3 is 1.13 bits per heavy atom. The van der Waals surface area contributed by atoms with Crippen LogP contribution in [-0.4, -0.2) is 41.8 Å². The van der Waals surface area contributed by atoms with Gasteiger partial charge in [0.25, 0.3) is 0 Å². The lowest BCUT2D eigenvalue weighted by molar-refractivity contribution is 0.380. The van der Waals surface area contributed by atoms with Crippen molar-refractivity contribution in [3.63, 3.8) is 0 Å². The SMILES string of the molecule is CC[Si](CF)(CF)O[Si](CC)(CF)CF. The zero-order valence-electron chi connectivity index (χ0n) is 9.16. The number of alkyl halides is 4. The molecule has 0 aromatic heterocycles. The van der Waals surface area contributed by atoms with E-state index in [1.165, 1.54) is 0 Å². The molecule has 0 atom stereocenters. The van der Waals surface area contributed by atoms with Crippen molar-refractivity contribution in [1.82, 2.24) is 0 Å². The van der Waals surface area contributed by atoms with Gasteiger partial charge in [-0.25, -0.2) is 0 Å². The van der Waals surface area contributed by atoms with Crippen molar-refractivity contribution >= 4 is 16.6 Å². The monoisotopic (exact) mass is 262 g/mol. The highest BCUT2D eigenvalue weighted by molar-refractivity contribution is 6.87. The lowest BCUT2D eigenvalue weighted by atomic mass is 11.0. The van der Waals surface area contributed by atoms with Crippen molar-refractivity contribution in [2.75, 3.05) is 25.2 Å². The number of rotatable bonds is 8. The standard InChI is InChI=1S/C8H18F4OSi2/c1-3-14(5-9,6-10)13-15(4-2,7-11)8-12/h3-8H2,1-2H3. The molecule has 0 bridgehead atoms. The van der Waals surface area contributed by atoms with E-state index in [1.807, 2.05) is 0 Å². The van der Waals surface area contributed by atoms with Gasteiger partial charge in [0.05, 0.1) is 0 Å². The van der Waals surface area contributed by atoms with Crippen LogP contribution in [0.5, 0.6) is 0 Å². The first kappa shape index (κ1) is 15.1. The zero-order chi connectivity index (χ0) is 11.9. The first-order valence-corrected chi connectivity index (χ1v) is 10.1. The summed E-state index contributed by atoms with van der Waals surface area (Å²) in [6, 6.07) is 0.434. The Kier molecular flexibility index (Phi) is 6.69. The topological polar surface area (TPSA) is 9.23 Å². The molecule has 92 valence electrons. The van der Waals surface area contributed by atoms with Crippen molar-refractivity contribution in [1.29, 1.82) is 0 Å². The Morgan fingerprint density at radius 2 is 1.00 bits per heavy atom. The predicted octanol–water partition coefficient (Wildman–Crippen LogP) is 2.97. The van der Waals surface area contributed by atoms with E-state index in [-0.39, 0.29) is 12.1 Å². The summed E-state index contributed by atoms with van der Waals surface area (Å²) in [5, 5.41) is 0. The van der Waals surface area contributed by atoms with Crippen LogP contribution in [0.3, 0.4) is 0 Å². The van der Waals surface area contributed by atoms with Crippen molar-refractivity contribution in [3.05, 3.63) is 0 Å². The molecule has 0 saturated carbocycles. The molecule has 0 aliphatic heterocycles. The van der Waals surface area contributed by atoms with Crippen LogP contribution < -0.4 is 0 Å². The van der Waals surface area contributed by atoms with E-state index in [1.54, 1.807) is 13.8 Å². The van der Waals surface area contributed by atoms with Gasteiger partial charge in [-0.2, -0.15) is 0 Å². The third kappa shape index (κ3) is 3.56. The van der Waals surface area contributed by atoms with Gasteiger partial charge in [-0.1, -0.05) is 13.8 Å². The fourth-order valence-electron chi connectivity index (χ4n) is 1.16. The first-order chi connectivity index (χ1) is 7.07. The van der Waals surface area contributed by atoms with Crippen molar-refractivity contribution in [2.24, 2.45) is 0 Å². The average Bonchev–Trinajstić information content (AvgIpc) is 2.33. The number of hydrogen-bond donors (Lipinski definition) is 0. The van der Waals surface area contributed by atoms with Crippen LogP contribution in [0.1, 0.15) is 13.8 Å². The number of hydrogen-bond acceptors (Lipinski definition) is 1. The largest absolute Gasteiger partial charge is 0.449 e. The second-order valence-electron chi connectivity index (χ2n) is 3.71. The van der Waals surface area contributed by atoms with Gasteiger partial charge in [-0.15, -0.1) is 0 Å². The predicted molar refractivity (Wildman–Crippen MR) is 57.5 cm³/mol. The molecule has 0 aliphatic rings. The Hall–Kier alpha value is 0.114. The van der Waals surface area contributed by atoms with Crippen LogP contribution in [0.2, 0.25) is 12.1 Å². The van der Waals surface area contributed by atoms with Crippen LogP contribution in [0.15, 0.2) is 0 Å². The molecule has 0 N–H and O–H groups in total. The van der Waals surface area contributed by atoms with E-state index in [9.17, 15) is 17.6 Å². The van der Waals surface area contributed by atoms with Gasteiger partial charge in [0.15, 0.2) is 0 Å². The van der Waals surface area contributed by atoms with Crippen LogP contribution >= 0.6 is 0 Å². The maximum absolute atomic E-state index is 12.7. The van der Waals surface area contributed by atoms with Crippen LogP contribution in [0.4, 0.5) is 17.6 Å². The summed E-state index contributed by atoms with van der Waals surface area (Å²) < 4.78 is 56.2. The molecule has 0 amide bonds. The molecule has 0 aliphatic carbocycles. The van der Waals surface area contributed by atoms with Gasteiger partial charge >= 0.3 is 0 Å². The van der Waals surface area contributed by atoms with Gasteiger partial charge in [0.1, 0.15) is 25.2 Å². The van der Waals surface area contributed by atoms with Gasteiger partial charge in [0.2, 0.25) is 16.6 Å². The summed E-state index contributed by atoms with van der Waals surface area (Å²) >= 11 is 0. The fraction of sp³-hybridized carbons (Fsp3) is 1.00. The molecule has 1 nitrogen and oxygen atoms in total. The van der Waals surface area contributed by atoms with Crippen LogP contribution in [0, 0.1) is 0 Å². The quantitative estimate of drug-likeness (QED) is 0.483. The first-order valence-electron chi connectivity index (χ1n) is 5.01.